The molecule has 0 bridgehead atoms. The fourth-order valence-electron chi connectivity index (χ4n) is 1.44. The summed E-state index contributed by atoms with van der Waals surface area (Å²) in [6.07, 6.45) is 0. The lowest BCUT2D eigenvalue weighted by Gasteiger charge is -2.06. The summed E-state index contributed by atoms with van der Waals surface area (Å²) in [7, 11) is 0. The van der Waals surface area contributed by atoms with Crippen molar-refractivity contribution in [2.75, 3.05) is 6.61 Å². The zero-order chi connectivity index (χ0) is 13.0. The Hall–Kier alpha value is -1.87. The number of Topliss-reactive ketones (excluding diaryl/α,β-unsaturated/α-hetero) is 1. The van der Waals surface area contributed by atoms with E-state index in [9.17, 15) is 9.18 Å². The minimum absolute atomic E-state index is 0.0338. The highest BCUT2D eigenvalue weighted by molar-refractivity contribution is 6.30. The van der Waals surface area contributed by atoms with Crippen molar-refractivity contribution in [2.45, 2.75) is 0 Å². The van der Waals surface area contributed by atoms with Crippen molar-refractivity contribution in [3.63, 3.8) is 0 Å². The molecule has 0 unspecified atom stereocenters. The van der Waals surface area contributed by atoms with Gasteiger partial charge in [-0.2, -0.15) is 0 Å². The van der Waals surface area contributed by atoms with Gasteiger partial charge in [0, 0.05) is 5.02 Å². The Balaban J connectivity index is 2.01. The van der Waals surface area contributed by atoms with E-state index in [4.69, 9.17) is 16.3 Å². The lowest BCUT2D eigenvalue weighted by atomic mass is 10.1. The molecule has 2 aromatic rings. The normalized spacial score (nSPS) is 10.1. The quantitative estimate of drug-likeness (QED) is 0.787. The zero-order valence-electron chi connectivity index (χ0n) is 9.40. The molecule has 0 heterocycles. The Labute approximate surface area is 109 Å². The molecule has 0 saturated carbocycles. The van der Waals surface area contributed by atoms with E-state index >= 15 is 0 Å². The molecule has 0 atom stereocenters. The van der Waals surface area contributed by atoms with Crippen LogP contribution >= 0.6 is 11.6 Å². The van der Waals surface area contributed by atoms with Gasteiger partial charge in [0.15, 0.2) is 6.61 Å². The molecule has 0 aliphatic carbocycles. The molecule has 0 spiro atoms. The van der Waals surface area contributed by atoms with Gasteiger partial charge in [0.05, 0.1) is 5.56 Å². The Morgan fingerprint density at radius 3 is 2.44 bits per heavy atom. The Kier molecular flexibility index (Phi) is 3.95. The van der Waals surface area contributed by atoms with Crippen LogP contribution in [-0.2, 0) is 0 Å². The molecule has 0 aliphatic heterocycles. The van der Waals surface area contributed by atoms with Gasteiger partial charge >= 0.3 is 0 Å². The topological polar surface area (TPSA) is 26.3 Å². The van der Waals surface area contributed by atoms with Crippen molar-refractivity contribution >= 4 is 17.4 Å². The smallest absolute Gasteiger partial charge is 0.203 e. The van der Waals surface area contributed by atoms with Crippen LogP contribution in [0.5, 0.6) is 5.75 Å². The Bertz CT molecular complexity index is 552. The van der Waals surface area contributed by atoms with Crippen molar-refractivity contribution in [1.29, 1.82) is 0 Å². The summed E-state index contributed by atoms with van der Waals surface area (Å²) in [5.41, 5.74) is 0.0338. The predicted molar refractivity (Wildman–Crippen MR) is 67.7 cm³/mol. The molecule has 0 aliphatic rings. The minimum Gasteiger partial charge on any atom is -0.485 e. The van der Waals surface area contributed by atoms with E-state index in [1.54, 1.807) is 30.3 Å². The molecule has 18 heavy (non-hydrogen) atoms. The predicted octanol–water partition coefficient (Wildman–Crippen LogP) is 3.74. The second-order valence-electron chi connectivity index (χ2n) is 3.65. The SMILES string of the molecule is O=C(COc1ccc(Cl)cc1)c1ccccc1F. The van der Waals surface area contributed by atoms with Gasteiger partial charge in [-0.15, -0.1) is 0 Å². The first-order valence-corrected chi connectivity index (χ1v) is 5.71. The third kappa shape index (κ3) is 3.08. The van der Waals surface area contributed by atoms with E-state index in [-0.39, 0.29) is 12.2 Å². The van der Waals surface area contributed by atoms with Gasteiger partial charge in [0.1, 0.15) is 11.6 Å². The highest BCUT2D eigenvalue weighted by Crippen LogP contribution is 2.16. The van der Waals surface area contributed by atoms with Crippen molar-refractivity contribution < 1.29 is 13.9 Å². The lowest BCUT2D eigenvalue weighted by Crippen LogP contribution is -2.13. The fourth-order valence-corrected chi connectivity index (χ4v) is 1.57. The monoisotopic (exact) mass is 264 g/mol. The standard InChI is InChI=1S/C14H10ClFO2/c15-10-5-7-11(8-6-10)18-9-14(17)12-3-1-2-4-13(12)16/h1-8H,9H2. The second kappa shape index (κ2) is 5.65. The molecule has 0 fully saturated rings. The fraction of sp³-hybridized carbons (Fsp3) is 0.0714. The van der Waals surface area contributed by atoms with Crippen LogP contribution in [0.1, 0.15) is 10.4 Å². The Morgan fingerprint density at radius 2 is 1.78 bits per heavy atom. The van der Waals surface area contributed by atoms with Crippen LogP contribution in [0.2, 0.25) is 5.02 Å². The third-order valence-electron chi connectivity index (χ3n) is 2.36. The summed E-state index contributed by atoms with van der Waals surface area (Å²) in [6.45, 7) is -0.206. The molecule has 0 N–H and O–H groups in total. The molecule has 2 nitrogen and oxygen atoms in total. The van der Waals surface area contributed by atoms with Gasteiger partial charge in [-0.25, -0.2) is 4.39 Å². The molecule has 0 amide bonds. The van der Waals surface area contributed by atoms with Gasteiger partial charge in [-0.05, 0) is 36.4 Å². The number of ketones is 1. The summed E-state index contributed by atoms with van der Waals surface area (Å²) in [4.78, 5) is 11.7. The summed E-state index contributed by atoms with van der Waals surface area (Å²) >= 11 is 5.72. The van der Waals surface area contributed by atoms with Crippen molar-refractivity contribution in [2.24, 2.45) is 0 Å². The van der Waals surface area contributed by atoms with Crippen molar-refractivity contribution in [1.82, 2.24) is 0 Å². The summed E-state index contributed by atoms with van der Waals surface area (Å²) < 4.78 is 18.6. The number of halogens is 2. The average Bonchev–Trinajstić information content (AvgIpc) is 2.38. The van der Waals surface area contributed by atoms with E-state index in [0.717, 1.165) is 0 Å². The summed E-state index contributed by atoms with van der Waals surface area (Å²) in [5.74, 6) is -0.422. The maximum absolute atomic E-state index is 13.3. The molecule has 2 aromatic carbocycles. The van der Waals surface area contributed by atoms with Crippen LogP contribution in [0.4, 0.5) is 4.39 Å². The van der Waals surface area contributed by atoms with Crippen LogP contribution in [0.3, 0.4) is 0 Å². The van der Waals surface area contributed by atoms with Crippen molar-refractivity contribution in [3.05, 3.63) is 64.9 Å². The number of hydrogen-bond donors (Lipinski definition) is 0. The molecular weight excluding hydrogens is 255 g/mol. The third-order valence-corrected chi connectivity index (χ3v) is 2.61. The Morgan fingerprint density at radius 1 is 1.11 bits per heavy atom. The minimum atomic E-state index is -0.540. The lowest BCUT2D eigenvalue weighted by molar-refractivity contribution is 0.0917. The second-order valence-corrected chi connectivity index (χ2v) is 4.08. The van der Waals surface area contributed by atoms with E-state index in [2.05, 4.69) is 0 Å². The molecule has 4 heteroatoms. The largest absolute Gasteiger partial charge is 0.485 e. The highest BCUT2D eigenvalue weighted by Gasteiger charge is 2.11. The van der Waals surface area contributed by atoms with Crippen LogP contribution in [0, 0.1) is 5.82 Å². The van der Waals surface area contributed by atoms with E-state index < -0.39 is 11.6 Å². The number of carbonyl (C=O) groups is 1. The first-order valence-electron chi connectivity index (χ1n) is 5.33. The highest BCUT2D eigenvalue weighted by atomic mass is 35.5. The van der Waals surface area contributed by atoms with Gasteiger partial charge in [0.25, 0.3) is 0 Å². The van der Waals surface area contributed by atoms with Crippen molar-refractivity contribution in [3.8, 4) is 5.75 Å². The van der Waals surface area contributed by atoms with E-state index in [0.29, 0.717) is 10.8 Å². The molecule has 0 radical (unpaired) electrons. The van der Waals surface area contributed by atoms with E-state index in [1.165, 1.54) is 18.2 Å². The zero-order valence-corrected chi connectivity index (χ0v) is 10.2. The molecule has 2 rings (SSSR count). The molecular formula is C14H10ClFO2. The van der Waals surface area contributed by atoms with E-state index in [1.807, 2.05) is 0 Å². The van der Waals surface area contributed by atoms with Gasteiger partial charge < -0.3 is 4.74 Å². The number of ether oxygens (including phenoxy) is 1. The summed E-state index contributed by atoms with van der Waals surface area (Å²) in [5, 5.41) is 0.586. The molecule has 0 saturated heterocycles. The molecule has 92 valence electrons. The maximum Gasteiger partial charge on any atom is 0.203 e. The number of rotatable bonds is 4. The van der Waals surface area contributed by atoms with Crippen LogP contribution in [0.25, 0.3) is 0 Å². The van der Waals surface area contributed by atoms with Crippen LogP contribution in [-0.4, -0.2) is 12.4 Å². The first kappa shape index (κ1) is 12.6. The van der Waals surface area contributed by atoms with Gasteiger partial charge in [-0.1, -0.05) is 23.7 Å². The maximum atomic E-state index is 13.3. The van der Waals surface area contributed by atoms with Crippen LogP contribution < -0.4 is 4.74 Å². The van der Waals surface area contributed by atoms with Crippen LogP contribution in [0.15, 0.2) is 48.5 Å². The first-order chi connectivity index (χ1) is 8.66. The number of carbonyl (C=O) groups excluding carboxylic acids is 1. The number of benzene rings is 2. The average molecular weight is 265 g/mol. The summed E-state index contributed by atoms with van der Waals surface area (Å²) in [6, 6.07) is 12.4. The van der Waals surface area contributed by atoms with Gasteiger partial charge in [-0.3, -0.25) is 4.79 Å². The molecule has 0 aromatic heterocycles. The number of hydrogen-bond acceptors (Lipinski definition) is 2. The van der Waals surface area contributed by atoms with Gasteiger partial charge in [0.2, 0.25) is 5.78 Å².